The van der Waals surface area contributed by atoms with Crippen molar-refractivity contribution < 1.29 is 9.90 Å². The maximum absolute atomic E-state index is 11.8. The Morgan fingerprint density at radius 3 is 2.60 bits per heavy atom. The van der Waals surface area contributed by atoms with E-state index in [1.807, 2.05) is 12.1 Å². The minimum Gasteiger partial charge on any atom is -0.481 e. The van der Waals surface area contributed by atoms with E-state index in [-0.39, 0.29) is 0 Å². The van der Waals surface area contributed by atoms with Crippen LogP contribution in [0.15, 0.2) is 24.3 Å². The van der Waals surface area contributed by atoms with Gasteiger partial charge in [0.25, 0.3) is 0 Å². The van der Waals surface area contributed by atoms with E-state index in [9.17, 15) is 9.90 Å². The number of fused-ring (bicyclic) bond motifs is 1. The monoisotopic (exact) mass is 271 g/mol. The summed E-state index contributed by atoms with van der Waals surface area (Å²) < 4.78 is 2.18. The molecule has 1 fully saturated rings. The van der Waals surface area contributed by atoms with Crippen LogP contribution in [0.1, 0.15) is 36.9 Å². The molecule has 0 bridgehead atoms. The molecule has 1 N–H and O–H groups in total. The van der Waals surface area contributed by atoms with Crippen LogP contribution in [0.4, 0.5) is 0 Å². The van der Waals surface area contributed by atoms with Gasteiger partial charge in [-0.05, 0) is 37.8 Å². The quantitative estimate of drug-likeness (QED) is 0.925. The molecule has 0 aliphatic heterocycles. The first kappa shape index (κ1) is 13.2. The van der Waals surface area contributed by atoms with E-state index in [0.717, 1.165) is 25.7 Å². The number of aromatic nitrogens is 1. The predicted molar refractivity (Wildman–Crippen MR) is 79.9 cm³/mol. The molecule has 1 aliphatic carbocycles. The SMILES string of the molecule is Cc1c(CC2(C(=O)O)CCCC2)c2ccccc2n1C. The zero-order valence-electron chi connectivity index (χ0n) is 12.1. The molecule has 3 nitrogen and oxygen atoms in total. The average molecular weight is 271 g/mol. The van der Waals surface area contributed by atoms with Gasteiger partial charge in [-0.2, -0.15) is 0 Å². The van der Waals surface area contributed by atoms with Crippen LogP contribution in [-0.2, 0) is 18.3 Å². The highest BCUT2D eigenvalue weighted by Crippen LogP contribution is 2.43. The summed E-state index contributed by atoms with van der Waals surface area (Å²) in [6.45, 7) is 2.10. The van der Waals surface area contributed by atoms with E-state index in [0.29, 0.717) is 6.42 Å². The zero-order chi connectivity index (χ0) is 14.3. The fourth-order valence-corrected chi connectivity index (χ4v) is 3.68. The van der Waals surface area contributed by atoms with Gasteiger partial charge in [0, 0.05) is 23.6 Å². The van der Waals surface area contributed by atoms with Crippen molar-refractivity contribution in [1.82, 2.24) is 4.57 Å². The minimum atomic E-state index is -0.623. The number of rotatable bonds is 3. The fourth-order valence-electron chi connectivity index (χ4n) is 3.68. The number of carbonyl (C=O) groups is 1. The van der Waals surface area contributed by atoms with Gasteiger partial charge in [0.2, 0.25) is 0 Å². The van der Waals surface area contributed by atoms with Crippen LogP contribution in [0.5, 0.6) is 0 Å². The normalized spacial score (nSPS) is 17.7. The van der Waals surface area contributed by atoms with Crippen LogP contribution in [0.25, 0.3) is 10.9 Å². The Morgan fingerprint density at radius 1 is 1.30 bits per heavy atom. The Bertz CT molecular complexity index is 663. The van der Waals surface area contributed by atoms with Crippen LogP contribution >= 0.6 is 0 Å². The molecule has 3 heteroatoms. The zero-order valence-corrected chi connectivity index (χ0v) is 12.1. The van der Waals surface area contributed by atoms with Gasteiger partial charge in [-0.15, -0.1) is 0 Å². The van der Waals surface area contributed by atoms with Crippen molar-refractivity contribution in [3.8, 4) is 0 Å². The third kappa shape index (κ3) is 1.84. The summed E-state index contributed by atoms with van der Waals surface area (Å²) in [4.78, 5) is 11.8. The van der Waals surface area contributed by atoms with E-state index >= 15 is 0 Å². The number of carboxylic acids is 1. The third-order valence-corrected chi connectivity index (χ3v) is 5.06. The number of hydrogen-bond acceptors (Lipinski definition) is 1. The van der Waals surface area contributed by atoms with Crippen molar-refractivity contribution in [2.24, 2.45) is 12.5 Å². The number of hydrogen-bond donors (Lipinski definition) is 1. The Kier molecular flexibility index (Phi) is 3.08. The Balaban J connectivity index is 2.11. The minimum absolute atomic E-state index is 0.547. The molecule has 1 aliphatic rings. The lowest BCUT2D eigenvalue weighted by Gasteiger charge is -2.24. The lowest BCUT2D eigenvalue weighted by molar-refractivity contribution is -0.148. The van der Waals surface area contributed by atoms with Gasteiger partial charge in [0.1, 0.15) is 0 Å². The maximum Gasteiger partial charge on any atom is 0.309 e. The van der Waals surface area contributed by atoms with E-state index < -0.39 is 11.4 Å². The van der Waals surface area contributed by atoms with Crippen molar-refractivity contribution >= 4 is 16.9 Å². The van der Waals surface area contributed by atoms with Crippen LogP contribution in [0.2, 0.25) is 0 Å². The average Bonchev–Trinajstić information content (AvgIpc) is 3.01. The van der Waals surface area contributed by atoms with Gasteiger partial charge in [0.05, 0.1) is 5.41 Å². The highest BCUT2D eigenvalue weighted by Gasteiger charge is 2.42. The highest BCUT2D eigenvalue weighted by atomic mass is 16.4. The number of carboxylic acid groups (broad SMARTS) is 1. The molecule has 1 heterocycles. The van der Waals surface area contributed by atoms with Crippen LogP contribution < -0.4 is 0 Å². The smallest absolute Gasteiger partial charge is 0.309 e. The molecule has 1 aromatic carbocycles. The first-order valence-electron chi connectivity index (χ1n) is 7.31. The molecule has 0 radical (unpaired) electrons. The molecule has 0 spiro atoms. The molecule has 2 aromatic rings. The van der Waals surface area contributed by atoms with E-state index in [2.05, 4.69) is 30.7 Å². The molecule has 106 valence electrons. The Morgan fingerprint density at radius 2 is 1.95 bits per heavy atom. The first-order chi connectivity index (χ1) is 9.55. The summed E-state index contributed by atoms with van der Waals surface area (Å²) in [5.74, 6) is -0.623. The predicted octanol–water partition coefficient (Wildman–Crippen LogP) is 3.67. The molecule has 0 unspecified atom stereocenters. The van der Waals surface area contributed by atoms with Crippen LogP contribution in [-0.4, -0.2) is 15.6 Å². The molecule has 20 heavy (non-hydrogen) atoms. The van der Waals surface area contributed by atoms with Gasteiger partial charge in [-0.25, -0.2) is 0 Å². The first-order valence-corrected chi connectivity index (χ1v) is 7.31. The summed E-state index contributed by atoms with van der Waals surface area (Å²) in [7, 11) is 2.06. The van der Waals surface area contributed by atoms with E-state index in [1.54, 1.807) is 0 Å². The number of aryl methyl sites for hydroxylation is 1. The van der Waals surface area contributed by atoms with Gasteiger partial charge in [0.15, 0.2) is 0 Å². The van der Waals surface area contributed by atoms with Crippen LogP contribution in [0, 0.1) is 12.3 Å². The largest absolute Gasteiger partial charge is 0.481 e. The summed E-state index contributed by atoms with van der Waals surface area (Å²) in [5.41, 5.74) is 3.05. The Hall–Kier alpha value is -1.77. The van der Waals surface area contributed by atoms with Gasteiger partial charge in [-0.3, -0.25) is 4.79 Å². The van der Waals surface area contributed by atoms with Crippen molar-refractivity contribution in [3.63, 3.8) is 0 Å². The maximum atomic E-state index is 11.8. The second-order valence-corrected chi connectivity index (χ2v) is 6.11. The summed E-state index contributed by atoms with van der Waals surface area (Å²) in [5, 5.41) is 10.9. The molecule has 0 atom stereocenters. The topological polar surface area (TPSA) is 42.2 Å². The van der Waals surface area contributed by atoms with Gasteiger partial charge < -0.3 is 9.67 Å². The molecular formula is C17H21NO2. The molecule has 0 amide bonds. The molecule has 3 rings (SSSR count). The number of aliphatic carboxylic acids is 1. The highest BCUT2D eigenvalue weighted by molar-refractivity contribution is 5.86. The summed E-state index contributed by atoms with van der Waals surface area (Å²) >= 11 is 0. The molecular weight excluding hydrogens is 250 g/mol. The van der Waals surface area contributed by atoms with Gasteiger partial charge in [-0.1, -0.05) is 31.0 Å². The van der Waals surface area contributed by atoms with E-state index in [1.165, 1.54) is 22.2 Å². The number of para-hydroxylation sites is 1. The van der Waals surface area contributed by atoms with Crippen molar-refractivity contribution in [2.75, 3.05) is 0 Å². The van der Waals surface area contributed by atoms with Crippen LogP contribution in [0.3, 0.4) is 0 Å². The summed E-state index contributed by atoms with van der Waals surface area (Å²) in [6, 6.07) is 8.29. The van der Waals surface area contributed by atoms with Crippen molar-refractivity contribution in [3.05, 3.63) is 35.5 Å². The second-order valence-electron chi connectivity index (χ2n) is 6.11. The third-order valence-electron chi connectivity index (χ3n) is 5.06. The second kappa shape index (κ2) is 4.65. The Labute approximate surface area is 119 Å². The van der Waals surface area contributed by atoms with Crippen molar-refractivity contribution in [2.45, 2.75) is 39.0 Å². The number of nitrogens with zero attached hydrogens (tertiary/aromatic N) is 1. The molecule has 1 saturated carbocycles. The molecule has 1 aromatic heterocycles. The number of benzene rings is 1. The molecule has 0 saturated heterocycles. The lowest BCUT2D eigenvalue weighted by Crippen LogP contribution is -2.30. The van der Waals surface area contributed by atoms with Crippen molar-refractivity contribution in [1.29, 1.82) is 0 Å². The van der Waals surface area contributed by atoms with E-state index in [4.69, 9.17) is 0 Å². The lowest BCUT2D eigenvalue weighted by atomic mass is 9.79. The summed E-state index contributed by atoms with van der Waals surface area (Å²) in [6.07, 6.45) is 4.36. The van der Waals surface area contributed by atoms with Gasteiger partial charge >= 0.3 is 5.97 Å². The standard InChI is InChI=1S/C17H21NO2/c1-12-14(11-17(16(19)20)9-5-6-10-17)13-7-3-4-8-15(13)18(12)2/h3-4,7-8H,5-6,9-11H2,1-2H3,(H,19,20). The fraction of sp³-hybridized carbons (Fsp3) is 0.471.